The summed E-state index contributed by atoms with van der Waals surface area (Å²) in [6.45, 7) is 0.279. The van der Waals surface area contributed by atoms with Crippen molar-refractivity contribution in [2.75, 3.05) is 12.3 Å². The van der Waals surface area contributed by atoms with E-state index in [0.717, 1.165) is 6.42 Å². The van der Waals surface area contributed by atoms with E-state index in [9.17, 15) is 13.2 Å². The fraction of sp³-hybridized carbons (Fsp3) is 0.308. The van der Waals surface area contributed by atoms with Crippen LogP contribution in [0.2, 0.25) is 0 Å². The van der Waals surface area contributed by atoms with Gasteiger partial charge in [0.2, 0.25) is 15.9 Å². The van der Waals surface area contributed by atoms with Crippen molar-refractivity contribution in [2.24, 2.45) is 5.73 Å². The molecule has 0 aliphatic rings. The minimum atomic E-state index is -3.70. The van der Waals surface area contributed by atoms with Gasteiger partial charge in [-0.25, -0.2) is 13.1 Å². The van der Waals surface area contributed by atoms with E-state index in [2.05, 4.69) is 10.6 Å². The van der Waals surface area contributed by atoms with Gasteiger partial charge in [0.05, 0.1) is 5.69 Å². The number of nitrogen functional groups attached to an aromatic ring is 1. The Morgan fingerprint density at radius 2 is 2.05 bits per heavy atom. The summed E-state index contributed by atoms with van der Waals surface area (Å²) in [4.78, 5) is 10.9. The summed E-state index contributed by atoms with van der Waals surface area (Å²) in [7, 11) is -3.70. The van der Waals surface area contributed by atoms with E-state index in [4.69, 9.17) is 17.9 Å². The number of primary amides is 1. The molecule has 20 heavy (non-hydrogen) atoms. The van der Waals surface area contributed by atoms with Crippen LogP contribution < -0.4 is 16.2 Å². The summed E-state index contributed by atoms with van der Waals surface area (Å²) < 4.78 is 26.5. The van der Waals surface area contributed by atoms with Crippen LogP contribution in [0.4, 0.5) is 5.69 Å². The van der Waals surface area contributed by atoms with Gasteiger partial charge in [-0.15, -0.1) is 12.3 Å². The van der Waals surface area contributed by atoms with Gasteiger partial charge < -0.3 is 11.5 Å². The van der Waals surface area contributed by atoms with Gasteiger partial charge in [0.15, 0.2) is 0 Å². The van der Waals surface area contributed by atoms with Crippen LogP contribution in [0.3, 0.4) is 0 Å². The predicted octanol–water partition coefficient (Wildman–Crippen LogP) is 0.449. The second kappa shape index (κ2) is 6.93. The molecule has 1 amide bonds. The van der Waals surface area contributed by atoms with Crippen LogP contribution in [0.5, 0.6) is 0 Å². The van der Waals surface area contributed by atoms with E-state index in [1.165, 1.54) is 18.2 Å². The maximum Gasteiger partial charge on any atom is 0.248 e. The van der Waals surface area contributed by atoms with Gasteiger partial charge in [-0.05, 0) is 31.0 Å². The Hall–Kier alpha value is -2.04. The number of nitrogens with one attached hydrogen (secondary N) is 1. The summed E-state index contributed by atoms with van der Waals surface area (Å²) in [5, 5.41) is 0. The summed E-state index contributed by atoms with van der Waals surface area (Å²) in [6, 6.07) is 3.83. The Kier molecular flexibility index (Phi) is 5.55. The fourth-order valence-corrected chi connectivity index (χ4v) is 2.77. The van der Waals surface area contributed by atoms with Crippen LogP contribution in [-0.2, 0) is 10.0 Å². The highest BCUT2D eigenvalue weighted by molar-refractivity contribution is 7.89. The van der Waals surface area contributed by atoms with Crippen molar-refractivity contribution in [1.29, 1.82) is 0 Å². The highest BCUT2D eigenvalue weighted by Gasteiger charge is 2.17. The molecule has 0 unspecified atom stereocenters. The summed E-state index contributed by atoms with van der Waals surface area (Å²) in [5.41, 5.74) is 10.9. The third kappa shape index (κ3) is 4.26. The number of carbonyl (C=O) groups is 1. The standard InChI is InChI=1S/C13H17N3O3S/c1-2-3-4-5-8-16-20(18,19)12-7-6-10(13(15)17)9-11(12)14/h1,6-7,9,16H,3-5,8,14H2,(H2,15,17). The van der Waals surface area contributed by atoms with E-state index >= 15 is 0 Å². The molecule has 0 bridgehead atoms. The van der Waals surface area contributed by atoms with Gasteiger partial charge in [-0.3, -0.25) is 4.79 Å². The zero-order chi connectivity index (χ0) is 15.2. The van der Waals surface area contributed by atoms with Crippen molar-refractivity contribution in [3.05, 3.63) is 23.8 Å². The van der Waals surface area contributed by atoms with Crippen LogP contribution in [0.1, 0.15) is 29.6 Å². The highest BCUT2D eigenvalue weighted by atomic mass is 32.2. The van der Waals surface area contributed by atoms with E-state index in [0.29, 0.717) is 12.8 Å². The van der Waals surface area contributed by atoms with Gasteiger partial charge >= 0.3 is 0 Å². The lowest BCUT2D eigenvalue weighted by Gasteiger charge is -2.09. The van der Waals surface area contributed by atoms with Gasteiger partial charge in [-0.1, -0.05) is 0 Å². The molecule has 0 fully saturated rings. The molecule has 1 aromatic carbocycles. The third-order valence-electron chi connectivity index (χ3n) is 2.62. The number of unbranched alkanes of at least 4 members (excludes halogenated alkanes) is 2. The Morgan fingerprint density at radius 3 is 2.60 bits per heavy atom. The number of hydrogen-bond acceptors (Lipinski definition) is 4. The largest absolute Gasteiger partial charge is 0.398 e. The van der Waals surface area contributed by atoms with E-state index in [1.54, 1.807) is 0 Å². The SMILES string of the molecule is C#CCCCCNS(=O)(=O)c1ccc(C(N)=O)cc1N. The molecule has 0 aliphatic carbocycles. The van der Waals surface area contributed by atoms with Crippen molar-refractivity contribution in [3.8, 4) is 12.3 Å². The summed E-state index contributed by atoms with van der Waals surface area (Å²) in [5.74, 6) is 1.82. The lowest BCUT2D eigenvalue weighted by Crippen LogP contribution is -2.26. The molecule has 0 saturated heterocycles. The number of nitrogens with two attached hydrogens (primary N) is 2. The number of sulfonamides is 1. The minimum absolute atomic E-state index is 0.0163. The van der Waals surface area contributed by atoms with Gasteiger partial charge in [0, 0.05) is 18.5 Å². The summed E-state index contributed by atoms with van der Waals surface area (Å²) in [6.07, 6.45) is 7.10. The second-order valence-corrected chi connectivity index (χ2v) is 5.91. The number of anilines is 1. The number of terminal acetylenes is 1. The topological polar surface area (TPSA) is 115 Å². The molecule has 0 heterocycles. The molecule has 0 aromatic heterocycles. The Balaban J connectivity index is 2.78. The van der Waals surface area contributed by atoms with Crippen molar-refractivity contribution >= 4 is 21.6 Å². The Labute approximate surface area is 118 Å². The highest BCUT2D eigenvalue weighted by Crippen LogP contribution is 2.19. The molecule has 0 atom stereocenters. The second-order valence-electron chi connectivity index (χ2n) is 4.18. The van der Waals surface area contributed by atoms with Crippen LogP contribution in [0.25, 0.3) is 0 Å². The molecule has 1 rings (SSSR count). The number of carbonyl (C=O) groups excluding carboxylic acids is 1. The average Bonchev–Trinajstić information content (AvgIpc) is 2.37. The quantitative estimate of drug-likeness (QED) is 0.385. The van der Waals surface area contributed by atoms with Crippen molar-refractivity contribution in [1.82, 2.24) is 4.72 Å². The zero-order valence-electron chi connectivity index (χ0n) is 10.9. The van der Waals surface area contributed by atoms with E-state index in [1.807, 2.05) is 0 Å². The first-order valence-electron chi connectivity index (χ1n) is 6.01. The van der Waals surface area contributed by atoms with Crippen molar-refractivity contribution in [2.45, 2.75) is 24.2 Å². The van der Waals surface area contributed by atoms with Crippen LogP contribution in [0.15, 0.2) is 23.1 Å². The van der Waals surface area contributed by atoms with Gasteiger partial charge in [0.1, 0.15) is 4.90 Å². The number of benzene rings is 1. The molecule has 0 aliphatic heterocycles. The Morgan fingerprint density at radius 1 is 1.35 bits per heavy atom. The molecule has 108 valence electrons. The lowest BCUT2D eigenvalue weighted by atomic mass is 10.2. The smallest absolute Gasteiger partial charge is 0.248 e. The first-order valence-corrected chi connectivity index (χ1v) is 7.49. The van der Waals surface area contributed by atoms with E-state index < -0.39 is 15.9 Å². The molecule has 5 N–H and O–H groups in total. The molecule has 0 radical (unpaired) electrons. The van der Waals surface area contributed by atoms with Crippen molar-refractivity contribution in [3.63, 3.8) is 0 Å². The minimum Gasteiger partial charge on any atom is -0.398 e. The Bertz CT molecular complexity index is 633. The fourth-order valence-electron chi connectivity index (χ4n) is 1.58. The number of amides is 1. The van der Waals surface area contributed by atoms with Crippen LogP contribution in [-0.4, -0.2) is 20.9 Å². The van der Waals surface area contributed by atoms with Gasteiger partial charge in [-0.2, -0.15) is 0 Å². The monoisotopic (exact) mass is 295 g/mol. The van der Waals surface area contributed by atoms with Crippen molar-refractivity contribution < 1.29 is 13.2 Å². The molecule has 0 spiro atoms. The molecular weight excluding hydrogens is 278 g/mol. The maximum absolute atomic E-state index is 12.0. The van der Waals surface area contributed by atoms with Gasteiger partial charge in [0.25, 0.3) is 0 Å². The number of rotatable bonds is 7. The third-order valence-corrected chi connectivity index (χ3v) is 4.16. The average molecular weight is 295 g/mol. The molecular formula is C13H17N3O3S. The lowest BCUT2D eigenvalue weighted by molar-refractivity contribution is 0.1000. The molecule has 6 nitrogen and oxygen atoms in total. The first kappa shape index (κ1) is 16.0. The normalized spacial score (nSPS) is 10.9. The van der Waals surface area contributed by atoms with Crippen LogP contribution >= 0.6 is 0 Å². The zero-order valence-corrected chi connectivity index (χ0v) is 11.7. The number of hydrogen-bond donors (Lipinski definition) is 3. The van der Waals surface area contributed by atoms with E-state index in [-0.39, 0.29) is 22.7 Å². The molecule has 7 heteroatoms. The summed E-state index contributed by atoms with van der Waals surface area (Å²) >= 11 is 0. The first-order chi connectivity index (χ1) is 9.38. The maximum atomic E-state index is 12.0. The molecule has 1 aromatic rings. The molecule has 0 saturated carbocycles. The van der Waals surface area contributed by atoms with Crippen LogP contribution in [0, 0.1) is 12.3 Å². The predicted molar refractivity (Wildman–Crippen MR) is 77.2 cm³/mol.